The summed E-state index contributed by atoms with van der Waals surface area (Å²) in [6.07, 6.45) is 3.98. The second-order valence-electron chi connectivity index (χ2n) is 4.66. The van der Waals surface area contributed by atoms with E-state index in [2.05, 4.69) is 4.72 Å². The highest BCUT2D eigenvalue weighted by molar-refractivity contribution is 7.90. The van der Waals surface area contributed by atoms with E-state index in [1.54, 1.807) is 12.1 Å². The van der Waals surface area contributed by atoms with E-state index in [-0.39, 0.29) is 0 Å². The minimum Gasteiger partial charge on any atom is -0.397 e. The van der Waals surface area contributed by atoms with Crippen LogP contribution >= 0.6 is 11.6 Å². The van der Waals surface area contributed by atoms with Gasteiger partial charge in [-0.3, -0.25) is 4.72 Å². The van der Waals surface area contributed by atoms with Crippen LogP contribution in [0, 0.1) is 0 Å². The molecule has 5 nitrogen and oxygen atoms in total. The normalized spacial score (nSPS) is 17.9. The van der Waals surface area contributed by atoms with E-state index >= 15 is 0 Å². The molecular weight excluding hydrogens is 286 g/mol. The van der Waals surface area contributed by atoms with Crippen molar-refractivity contribution in [3.05, 3.63) is 23.2 Å². The average Bonchev–Trinajstić information content (AvgIpc) is 2.63. The summed E-state index contributed by atoms with van der Waals surface area (Å²) in [5.41, 5.74) is 6.46. The number of hydrogen-bond donors (Lipinski definition) is 2. The Bertz CT molecular complexity index is 540. The van der Waals surface area contributed by atoms with Crippen LogP contribution < -0.4 is 10.5 Å². The molecule has 1 fully saturated rings. The van der Waals surface area contributed by atoms with Crippen molar-refractivity contribution in [2.24, 2.45) is 0 Å². The minimum absolute atomic E-state index is 0.359. The Morgan fingerprint density at radius 3 is 2.37 bits per heavy atom. The molecule has 0 amide bonds. The van der Waals surface area contributed by atoms with Crippen LogP contribution in [0.1, 0.15) is 25.7 Å². The minimum atomic E-state index is -3.50. The Kier molecular flexibility index (Phi) is 4.54. The molecule has 1 aliphatic heterocycles. The first kappa shape index (κ1) is 14.4. The summed E-state index contributed by atoms with van der Waals surface area (Å²) >= 11 is 5.81. The van der Waals surface area contributed by atoms with Crippen LogP contribution in [0.2, 0.25) is 5.02 Å². The molecule has 0 radical (unpaired) electrons. The molecule has 0 aromatic heterocycles. The van der Waals surface area contributed by atoms with E-state index in [0.717, 1.165) is 25.7 Å². The van der Waals surface area contributed by atoms with Crippen LogP contribution in [0.4, 0.5) is 11.4 Å². The molecule has 0 saturated carbocycles. The van der Waals surface area contributed by atoms with E-state index in [9.17, 15) is 8.42 Å². The Morgan fingerprint density at radius 1 is 1.16 bits per heavy atom. The second kappa shape index (κ2) is 5.98. The summed E-state index contributed by atoms with van der Waals surface area (Å²) in [5, 5.41) is 0.415. The molecule has 2 rings (SSSR count). The van der Waals surface area contributed by atoms with Crippen molar-refractivity contribution in [3.63, 3.8) is 0 Å². The van der Waals surface area contributed by atoms with Gasteiger partial charge in [0.1, 0.15) is 0 Å². The van der Waals surface area contributed by atoms with Crippen molar-refractivity contribution in [3.8, 4) is 0 Å². The van der Waals surface area contributed by atoms with Crippen molar-refractivity contribution < 1.29 is 8.42 Å². The summed E-state index contributed by atoms with van der Waals surface area (Å²) in [6.45, 7) is 1.14. The summed E-state index contributed by atoms with van der Waals surface area (Å²) in [7, 11) is -3.50. The van der Waals surface area contributed by atoms with Crippen LogP contribution in [-0.4, -0.2) is 25.8 Å². The van der Waals surface area contributed by atoms with Gasteiger partial charge in [-0.15, -0.1) is 0 Å². The van der Waals surface area contributed by atoms with Gasteiger partial charge in [-0.25, -0.2) is 0 Å². The van der Waals surface area contributed by atoms with Gasteiger partial charge in [0, 0.05) is 13.1 Å². The number of hydrogen-bond acceptors (Lipinski definition) is 3. The van der Waals surface area contributed by atoms with Crippen molar-refractivity contribution in [2.45, 2.75) is 25.7 Å². The lowest BCUT2D eigenvalue weighted by Crippen LogP contribution is -2.36. The van der Waals surface area contributed by atoms with Crippen molar-refractivity contribution in [1.82, 2.24) is 4.31 Å². The fraction of sp³-hybridized carbons (Fsp3) is 0.500. The average molecular weight is 304 g/mol. The molecule has 1 heterocycles. The Balaban J connectivity index is 2.13. The van der Waals surface area contributed by atoms with Crippen LogP contribution in [0.15, 0.2) is 18.2 Å². The van der Waals surface area contributed by atoms with Crippen molar-refractivity contribution >= 4 is 33.2 Å². The summed E-state index contributed by atoms with van der Waals surface area (Å²) in [6, 6.07) is 4.71. The molecule has 19 heavy (non-hydrogen) atoms. The van der Waals surface area contributed by atoms with Crippen LogP contribution in [0.3, 0.4) is 0 Å². The fourth-order valence-electron chi connectivity index (χ4n) is 2.10. The summed E-state index contributed by atoms with van der Waals surface area (Å²) in [5.74, 6) is 0. The monoisotopic (exact) mass is 303 g/mol. The van der Waals surface area contributed by atoms with Crippen LogP contribution in [0.5, 0.6) is 0 Å². The van der Waals surface area contributed by atoms with Gasteiger partial charge in [-0.2, -0.15) is 12.7 Å². The summed E-state index contributed by atoms with van der Waals surface area (Å²) in [4.78, 5) is 0. The standard InChI is InChI=1S/C12H18ClN3O2S/c13-11-6-5-10(9-12(11)14)15-19(17,18)16-7-3-1-2-4-8-16/h5-6,9,15H,1-4,7-8,14H2. The molecule has 0 bridgehead atoms. The number of nitrogens with one attached hydrogen (secondary N) is 1. The lowest BCUT2D eigenvalue weighted by Gasteiger charge is -2.20. The van der Waals surface area contributed by atoms with Gasteiger partial charge < -0.3 is 5.73 Å². The van der Waals surface area contributed by atoms with E-state index in [1.165, 1.54) is 10.4 Å². The number of benzene rings is 1. The van der Waals surface area contributed by atoms with E-state index in [1.807, 2.05) is 0 Å². The first-order valence-electron chi connectivity index (χ1n) is 6.32. The van der Waals surface area contributed by atoms with E-state index < -0.39 is 10.2 Å². The predicted octanol–water partition coefficient (Wildman–Crippen LogP) is 2.45. The third-order valence-corrected chi connectivity index (χ3v) is 5.03. The largest absolute Gasteiger partial charge is 0.397 e. The second-order valence-corrected chi connectivity index (χ2v) is 6.73. The zero-order chi connectivity index (χ0) is 13.9. The third-order valence-electron chi connectivity index (χ3n) is 3.15. The molecule has 0 spiro atoms. The fourth-order valence-corrected chi connectivity index (χ4v) is 3.51. The number of anilines is 2. The molecule has 1 aromatic carbocycles. The van der Waals surface area contributed by atoms with Crippen molar-refractivity contribution in [2.75, 3.05) is 23.5 Å². The number of nitrogens with zero attached hydrogens (tertiary/aromatic N) is 1. The van der Waals surface area contributed by atoms with Gasteiger partial charge in [0.05, 0.1) is 16.4 Å². The first-order valence-corrected chi connectivity index (χ1v) is 8.14. The van der Waals surface area contributed by atoms with E-state index in [0.29, 0.717) is 29.5 Å². The lowest BCUT2D eigenvalue weighted by atomic mass is 10.2. The molecule has 3 N–H and O–H groups in total. The van der Waals surface area contributed by atoms with Crippen LogP contribution in [0.25, 0.3) is 0 Å². The Labute approximate surface area is 118 Å². The highest BCUT2D eigenvalue weighted by atomic mass is 35.5. The maximum Gasteiger partial charge on any atom is 0.301 e. The molecule has 1 saturated heterocycles. The van der Waals surface area contributed by atoms with Crippen LogP contribution in [-0.2, 0) is 10.2 Å². The highest BCUT2D eigenvalue weighted by Gasteiger charge is 2.22. The highest BCUT2D eigenvalue weighted by Crippen LogP contribution is 2.24. The zero-order valence-corrected chi connectivity index (χ0v) is 12.2. The molecule has 0 atom stereocenters. The maximum atomic E-state index is 12.2. The Hall–Kier alpha value is -0.980. The molecule has 1 aliphatic rings. The van der Waals surface area contributed by atoms with E-state index in [4.69, 9.17) is 17.3 Å². The molecule has 106 valence electrons. The number of nitrogens with two attached hydrogens (primary N) is 1. The maximum absolute atomic E-state index is 12.2. The topological polar surface area (TPSA) is 75.4 Å². The van der Waals surface area contributed by atoms with Gasteiger partial charge in [-0.1, -0.05) is 24.4 Å². The van der Waals surface area contributed by atoms with Crippen molar-refractivity contribution in [1.29, 1.82) is 0 Å². The Morgan fingerprint density at radius 2 is 1.79 bits per heavy atom. The van der Waals surface area contributed by atoms with Gasteiger partial charge in [0.25, 0.3) is 0 Å². The molecule has 1 aromatic rings. The lowest BCUT2D eigenvalue weighted by molar-refractivity contribution is 0.427. The molecule has 0 aliphatic carbocycles. The number of rotatable bonds is 3. The van der Waals surface area contributed by atoms with Gasteiger partial charge in [0.2, 0.25) is 0 Å². The summed E-state index contributed by atoms with van der Waals surface area (Å²) < 4.78 is 28.5. The smallest absolute Gasteiger partial charge is 0.301 e. The molecular formula is C12H18ClN3O2S. The third kappa shape index (κ3) is 3.75. The predicted molar refractivity (Wildman–Crippen MR) is 78.4 cm³/mol. The number of nitrogen functional groups attached to an aromatic ring is 1. The molecule has 7 heteroatoms. The number of halogens is 1. The zero-order valence-electron chi connectivity index (χ0n) is 10.6. The van der Waals surface area contributed by atoms with Gasteiger partial charge >= 0.3 is 10.2 Å². The quantitative estimate of drug-likeness (QED) is 0.842. The SMILES string of the molecule is Nc1cc(NS(=O)(=O)N2CCCCCC2)ccc1Cl. The van der Waals surface area contributed by atoms with Gasteiger partial charge in [-0.05, 0) is 31.0 Å². The van der Waals surface area contributed by atoms with Gasteiger partial charge in [0.15, 0.2) is 0 Å². The molecule has 0 unspecified atom stereocenters. The first-order chi connectivity index (χ1) is 8.99.